The Labute approximate surface area is 171 Å². The third-order valence-corrected chi connectivity index (χ3v) is 5.34. The van der Waals surface area contributed by atoms with Crippen LogP contribution < -0.4 is 10.2 Å². The molecule has 5 nitrogen and oxygen atoms in total. The van der Waals surface area contributed by atoms with Gasteiger partial charge in [0.25, 0.3) is 5.91 Å². The van der Waals surface area contributed by atoms with Gasteiger partial charge in [0, 0.05) is 36.0 Å². The fraction of sp³-hybridized carbons (Fsp3) is 0.292. The Morgan fingerprint density at radius 1 is 1.00 bits per heavy atom. The van der Waals surface area contributed by atoms with Crippen LogP contribution in [0.1, 0.15) is 48.5 Å². The summed E-state index contributed by atoms with van der Waals surface area (Å²) in [6, 6.07) is 17.6. The van der Waals surface area contributed by atoms with Gasteiger partial charge in [-0.3, -0.25) is 4.79 Å². The molecule has 0 saturated carbocycles. The summed E-state index contributed by atoms with van der Waals surface area (Å²) < 4.78 is 0. The van der Waals surface area contributed by atoms with Crippen molar-refractivity contribution in [2.45, 2.75) is 32.6 Å². The van der Waals surface area contributed by atoms with E-state index in [1.54, 1.807) is 6.33 Å². The third-order valence-electron chi connectivity index (χ3n) is 5.34. The Morgan fingerprint density at radius 2 is 1.76 bits per heavy atom. The van der Waals surface area contributed by atoms with Crippen LogP contribution in [0.25, 0.3) is 11.3 Å². The van der Waals surface area contributed by atoms with Crippen molar-refractivity contribution < 1.29 is 4.79 Å². The SMILES string of the molecule is CC(C)c1ccc(NC(=O)c2cccc(-c3cc(N4CCCC4)ncn3)c2)cc1. The summed E-state index contributed by atoms with van der Waals surface area (Å²) in [6.45, 7) is 6.38. The van der Waals surface area contributed by atoms with Gasteiger partial charge in [-0.25, -0.2) is 9.97 Å². The van der Waals surface area contributed by atoms with E-state index in [9.17, 15) is 4.79 Å². The maximum Gasteiger partial charge on any atom is 0.255 e. The zero-order valence-corrected chi connectivity index (χ0v) is 16.9. The molecule has 1 aromatic heterocycles. The molecule has 1 saturated heterocycles. The number of carbonyl (C=O) groups is 1. The molecule has 1 N–H and O–H groups in total. The fourth-order valence-corrected chi connectivity index (χ4v) is 3.60. The van der Waals surface area contributed by atoms with Crippen molar-refractivity contribution in [1.29, 1.82) is 0 Å². The molecule has 3 aromatic rings. The minimum Gasteiger partial charge on any atom is -0.357 e. The molecular formula is C24H26N4O. The lowest BCUT2D eigenvalue weighted by atomic mass is 10.0. The molecule has 1 aliphatic heterocycles. The number of aromatic nitrogens is 2. The third kappa shape index (κ3) is 4.45. The second kappa shape index (κ2) is 8.43. The molecule has 0 spiro atoms. The predicted octanol–water partition coefficient (Wildman–Crippen LogP) is 5.12. The minimum atomic E-state index is -0.127. The Balaban J connectivity index is 1.52. The number of rotatable bonds is 5. The Hall–Kier alpha value is -3.21. The molecule has 4 rings (SSSR count). The Bertz CT molecular complexity index is 992. The van der Waals surface area contributed by atoms with Crippen LogP contribution in [0.2, 0.25) is 0 Å². The average Bonchev–Trinajstić information content (AvgIpc) is 3.29. The highest BCUT2D eigenvalue weighted by Gasteiger charge is 2.15. The first-order valence-electron chi connectivity index (χ1n) is 10.2. The lowest BCUT2D eigenvalue weighted by Gasteiger charge is -2.16. The van der Waals surface area contributed by atoms with Gasteiger partial charge in [-0.15, -0.1) is 0 Å². The van der Waals surface area contributed by atoms with E-state index >= 15 is 0 Å². The number of amides is 1. The van der Waals surface area contributed by atoms with E-state index < -0.39 is 0 Å². The summed E-state index contributed by atoms with van der Waals surface area (Å²) in [5.74, 6) is 1.29. The standard InChI is InChI=1S/C24H26N4O/c1-17(2)18-8-10-21(11-9-18)27-24(29)20-7-5-6-19(14-20)22-15-23(26-16-25-22)28-12-3-4-13-28/h5-11,14-17H,3-4,12-13H2,1-2H3,(H,27,29). The van der Waals surface area contributed by atoms with Crippen LogP contribution in [0.5, 0.6) is 0 Å². The van der Waals surface area contributed by atoms with Crippen molar-refractivity contribution >= 4 is 17.4 Å². The van der Waals surface area contributed by atoms with Crippen LogP contribution >= 0.6 is 0 Å². The van der Waals surface area contributed by atoms with Crippen LogP contribution in [0, 0.1) is 0 Å². The van der Waals surface area contributed by atoms with Gasteiger partial charge in [-0.05, 0) is 48.6 Å². The van der Waals surface area contributed by atoms with E-state index in [2.05, 4.69) is 46.2 Å². The summed E-state index contributed by atoms with van der Waals surface area (Å²) in [4.78, 5) is 23.9. The van der Waals surface area contributed by atoms with Crippen molar-refractivity contribution in [1.82, 2.24) is 9.97 Å². The molecule has 5 heteroatoms. The molecular weight excluding hydrogens is 360 g/mol. The zero-order chi connectivity index (χ0) is 20.2. The maximum atomic E-state index is 12.7. The summed E-state index contributed by atoms with van der Waals surface area (Å²) in [7, 11) is 0. The van der Waals surface area contributed by atoms with Crippen molar-refractivity contribution in [2.24, 2.45) is 0 Å². The first-order chi connectivity index (χ1) is 14.1. The number of carbonyl (C=O) groups excluding carboxylic acids is 1. The second-order valence-corrected chi connectivity index (χ2v) is 7.77. The van der Waals surface area contributed by atoms with Gasteiger partial charge in [-0.1, -0.05) is 38.1 Å². The molecule has 148 valence electrons. The van der Waals surface area contributed by atoms with Gasteiger partial charge in [0.15, 0.2) is 0 Å². The molecule has 0 bridgehead atoms. The lowest BCUT2D eigenvalue weighted by molar-refractivity contribution is 0.102. The normalized spacial score (nSPS) is 13.7. The summed E-state index contributed by atoms with van der Waals surface area (Å²) in [6.07, 6.45) is 4.01. The fourth-order valence-electron chi connectivity index (χ4n) is 3.60. The summed E-state index contributed by atoms with van der Waals surface area (Å²) >= 11 is 0. The van der Waals surface area contributed by atoms with E-state index in [0.29, 0.717) is 11.5 Å². The van der Waals surface area contributed by atoms with Gasteiger partial charge >= 0.3 is 0 Å². The van der Waals surface area contributed by atoms with Crippen LogP contribution in [-0.4, -0.2) is 29.0 Å². The van der Waals surface area contributed by atoms with Gasteiger partial charge in [0.2, 0.25) is 0 Å². The molecule has 1 aliphatic rings. The number of nitrogens with zero attached hydrogens (tertiary/aromatic N) is 3. The van der Waals surface area contributed by atoms with Crippen molar-refractivity contribution in [2.75, 3.05) is 23.3 Å². The lowest BCUT2D eigenvalue weighted by Crippen LogP contribution is -2.19. The van der Waals surface area contributed by atoms with Crippen LogP contribution in [-0.2, 0) is 0 Å². The number of benzene rings is 2. The summed E-state index contributed by atoms with van der Waals surface area (Å²) in [5, 5.41) is 2.98. The zero-order valence-electron chi connectivity index (χ0n) is 16.9. The van der Waals surface area contributed by atoms with Crippen molar-refractivity contribution in [3.05, 3.63) is 72.1 Å². The smallest absolute Gasteiger partial charge is 0.255 e. The van der Waals surface area contributed by atoms with Gasteiger partial charge < -0.3 is 10.2 Å². The van der Waals surface area contributed by atoms with Crippen molar-refractivity contribution in [3.8, 4) is 11.3 Å². The highest BCUT2D eigenvalue weighted by Crippen LogP contribution is 2.24. The highest BCUT2D eigenvalue weighted by atomic mass is 16.1. The number of hydrogen-bond acceptors (Lipinski definition) is 4. The number of anilines is 2. The molecule has 1 fully saturated rings. The monoisotopic (exact) mass is 386 g/mol. The van der Waals surface area contributed by atoms with Crippen molar-refractivity contribution in [3.63, 3.8) is 0 Å². The Morgan fingerprint density at radius 3 is 2.48 bits per heavy atom. The molecule has 1 amide bonds. The topological polar surface area (TPSA) is 58.1 Å². The minimum absolute atomic E-state index is 0.127. The Kier molecular flexibility index (Phi) is 5.56. The van der Waals surface area contributed by atoms with E-state index in [1.165, 1.54) is 18.4 Å². The van der Waals surface area contributed by atoms with E-state index in [-0.39, 0.29) is 5.91 Å². The molecule has 0 atom stereocenters. The molecule has 0 radical (unpaired) electrons. The van der Waals surface area contributed by atoms with Crippen LogP contribution in [0.15, 0.2) is 60.9 Å². The maximum absolute atomic E-state index is 12.7. The summed E-state index contributed by atoms with van der Waals surface area (Å²) in [5.41, 5.74) is 4.40. The quantitative estimate of drug-likeness (QED) is 0.661. The largest absolute Gasteiger partial charge is 0.357 e. The van der Waals surface area contributed by atoms with Gasteiger partial charge in [0.05, 0.1) is 5.69 Å². The van der Waals surface area contributed by atoms with Gasteiger partial charge in [0.1, 0.15) is 12.1 Å². The molecule has 0 unspecified atom stereocenters. The van der Waals surface area contributed by atoms with Crippen LogP contribution in [0.4, 0.5) is 11.5 Å². The number of hydrogen-bond donors (Lipinski definition) is 1. The second-order valence-electron chi connectivity index (χ2n) is 7.77. The predicted molar refractivity (Wildman–Crippen MR) is 117 cm³/mol. The van der Waals surface area contributed by atoms with Crippen LogP contribution in [0.3, 0.4) is 0 Å². The van der Waals surface area contributed by atoms with Gasteiger partial charge in [-0.2, -0.15) is 0 Å². The van der Waals surface area contributed by atoms with E-state index in [1.807, 2.05) is 42.5 Å². The molecule has 2 aromatic carbocycles. The molecule has 29 heavy (non-hydrogen) atoms. The van der Waals surface area contributed by atoms with E-state index in [4.69, 9.17) is 0 Å². The highest BCUT2D eigenvalue weighted by molar-refractivity contribution is 6.04. The molecule has 2 heterocycles. The van der Waals surface area contributed by atoms with E-state index in [0.717, 1.165) is 35.9 Å². The molecule has 0 aliphatic carbocycles. The average molecular weight is 386 g/mol. The first-order valence-corrected chi connectivity index (χ1v) is 10.2. The first kappa shape index (κ1) is 19.1. The number of nitrogens with one attached hydrogen (secondary N) is 1.